The van der Waals surface area contributed by atoms with Crippen LogP contribution in [0.3, 0.4) is 0 Å². The van der Waals surface area contributed by atoms with Crippen molar-refractivity contribution >= 4 is 19.4 Å². The quantitative estimate of drug-likeness (QED) is 0.387. The molecule has 0 radical (unpaired) electrons. The lowest BCUT2D eigenvalue weighted by atomic mass is 10.5. The average molecular weight is 177 g/mol. The van der Waals surface area contributed by atoms with Crippen molar-refractivity contribution in [1.29, 1.82) is 0 Å². The first-order chi connectivity index (χ1) is 5.84. The molecule has 1 atom stereocenters. The van der Waals surface area contributed by atoms with Gasteiger partial charge in [-0.05, 0) is 0 Å². The Hall–Kier alpha value is -0.940. The molecule has 2 aromatic rings. The van der Waals surface area contributed by atoms with Crippen molar-refractivity contribution in [2.24, 2.45) is 0 Å². The van der Waals surface area contributed by atoms with Crippen LogP contribution in [-0.4, -0.2) is 0 Å². The number of hydrogen-bond acceptors (Lipinski definition) is 0. The summed E-state index contributed by atoms with van der Waals surface area (Å²) in [7, 11) is 0.655. The average Bonchev–Trinajstić information content (AvgIpc) is 2.63. The Morgan fingerprint density at radius 3 is 3.00 bits per heavy atom. The topological polar surface area (TPSA) is 11.3 Å². The van der Waals surface area contributed by atoms with Gasteiger partial charge in [0.25, 0.3) is 0 Å². The second-order valence-corrected chi connectivity index (χ2v) is 4.03. The standard InChI is InChI=1S/C10H10OP/c1-8-6-7-10(11-8)12-9-4-2-3-5-9/h2-7,12H,1H3/q-1. The fourth-order valence-electron chi connectivity index (χ4n) is 1.10. The van der Waals surface area contributed by atoms with Crippen LogP contribution < -0.4 is 10.8 Å². The molecule has 0 N–H and O–H groups in total. The number of aryl methyl sites for hydroxylation is 1. The van der Waals surface area contributed by atoms with Gasteiger partial charge in [-0.25, -0.2) is 6.07 Å². The Balaban J connectivity index is 2.14. The minimum absolute atomic E-state index is 0.655. The Morgan fingerprint density at radius 2 is 2.42 bits per heavy atom. The lowest BCUT2D eigenvalue weighted by molar-refractivity contribution is 0.567. The van der Waals surface area contributed by atoms with Crippen molar-refractivity contribution in [3.8, 4) is 0 Å². The molecule has 0 saturated heterocycles. The van der Waals surface area contributed by atoms with Crippen LogP contribution in [0.4, 0.5) is 0 Å². The predicted molar refractivity (Wildman–Crippen MR) is 53.1 cm³/mol. The first-order valence-corrected chi connectivity index (χ1v) is 4.90. The summed E-state index contributed by atoms with van der Waals surface area (Å²) in [5, 5.41) is 1.34. The van der Waals surface area contributed by atoms with Gasteiger partial charge in [0.1, 0.15) is 0 Å². The van der Waals surface area contributed by atoms with E-state index in [1.54, 1.807) is 0 Å². The Bertz CT molecular complexity index is 346. The van der Waals surface area contributed by atoms with Gasteiger partial charge < -0.3 is 4.42 Å². The SMILES string of the molecule is C[c-]1ccc(Pc2cc[cH-]c2)[o+]1. The van der Waals surface area contributed by atoms with E-state index in [4.69, 9.17) is 4.42 Å². The zero-order chi connectivity index (χ0) is 8.39. The minimum atomic E-state index is 0.655. The van der Waals surface area contributed by atoms with Crippen molar-refractivity contribution in [3.63, 3.8) is 0 Å². The first kappa shape index (κ1) is 7.70. The molecule has 62 valence electrons. The molecule has 12 heavy (non-hydrogen) atoms. The highest BCUT2D eigenvalue weighted by Crippen LogP contribution is 2.12. The van der Waals surface area contributed by atoms with Crippen LogP contribution in [0.5, 0.6) is 0 Å². The molecule has 0 saturated carbocycles. The maximum absolute atomic E-state index is 5.47. The molecule has 2 heteroatoms. The van der Waals surface area contributed by atoms with E-state index < -0.39 is 0 Å². The predicted octanol–water partition coefficient (Wildman–Crippen LogP) is 1.94. The van der Waals surface area contributed by atoms with Gasteiger partial charge in [0.15, 0.2) is 5.50 Å². The van der Waals surface area contributed by atoms with Gasteiger partial charge in [-0.3, -0.25) is 0 Å². The van der Waals surface area contributed by atoms with Gasteiger partial charge in [-0.1, -0.05) is 14.6 Å². The molecule has 1 nitrogen and oxygen atoms in total. The maximum Gasteiger partial charge on any atom is 0.213 e. The summed E-state index contributed by atoms with van der Waals surface area (Å²) in [5.74, 6) is 0.990. The second kappa shape index (κ2) is 3.20. The zero-order valence-electron chi connectivity index (χ0n) is 6.87. The molecule has 0 amide bonds. The Kier molecular flexibility index (Phi) is 2.05. The van der Waals surface area contributed by atoms with Gasteiger partial charge in [-0.15, -0.1) is 6.07 Å². The van der Waals surface area contributed by atoms with E-state index in [2.05, 4.69) is 24.3 Å². The molecule has 1 aromatic carbocycles. The highest BCUT2D eigenvalue weighted by atomic mass is 31.1. The zero-order valence-corrected chi connectivity index (χ0v) is 7.87. The molecule has 0 fully saturated rings. The van der Waals surface area contributed by atoms with Crippen molar-refractivity contribution in [2.45, 2.75) is 6.92 Å². The molecule has 0 aliphatic heterocycles. The molecule has 0 aliphatic rings. The molecule has 0 aliphatic carbocycles. The third-order valence-corrected chi connectivity index (χ3v) is 2.81. The van der Waals surface area contributed by atoms with Crippen molar-refractivity contribution in [3.05, 3.63) is 42.2 Å². The van der Waals surface area contributed by atoms with Crippen molar-refractivity contribution in [1.82, 2.24) is 0 Å². The van der Waals surface area contributed by atoms with Crippen molar-refractivity contribution < 1.29 is 4.42 Å². The highest BCUT2D eigenvalue weighted by Gasteiger charge is 1.97. The van der Waals surface area contributed by atoms with Crippen LogP contribution in [0.1, 0.15) is 5.76 Å². The van der Waals surface area contributed by atoms with Gasteiger partial charge in [0.2, 0.25) is 5.76 Å². The Labute approximate surface area is 73.6 Å². The molecule has 1 heterocycles. The third-order valence-electron chi connectivity index (χ3n) is 1.67. The van der Waals surface area contributed by atoms with E-state index in [1.807, 2.05) is 19.1 Å². The van der Waals surface area contributed by atoms with E-state index in [9.17, 15) is 0 Å². The molecule has 0 spiro atoms. The van der Waals surface area contributed by atoms with Crippen LogP contribution in [0.25, 0.3) is 0 Å². The lowest BCUT2D eigenvalue weighted by Crippen LogP contribution is -1.96. The molecular weight excluding hydrogens is 167 g/mol. The van der Waals surface area contributed by atoms with Crippen LogP contribution in [-0.2, 0) is 0 Å². The number of furan rings is 1. The first-order valence-electron chi connectivity index (χ1n) is 3.90. The summed E-state index contributed by atoms with van der Waals surface area (Å²) in [6.45, 7) is 1.97. The second-order valence-electron chi connectivity index (χ2n) is 2.71. The van der Waals surface area contributed by atoms with Crippen LogP contribution in [0.2, 0.25) is 0 Å². The van der Waals surface area contributed by atoms with Crippen molar-refractivity contribution in [2.75, 3.05) is 0 Å². The van der Waals surface area contributed by atoms with Crippen LogP contribution >= 0.6 is 8.58 Å². The highest BCUT2D eigenvalue weighted by molar-refractivity contribution is 7.55. The monoisotopic (exact) mass is 177 g/mol. The normalized spacial score (nSPS) is 11.4. The summed E-state index contributed by atoms with van der Waals surface area (Å²) in [6, 6.07) is 12.4. The van der Waals surface area contributed by atoms with Crippen LogP contribution in [0.15, 0.2) is 40.8 Å². The summed E-state index contributed by atoms with van der Waals surface area (Å²) < 4.78 is 5.47. The molecule has 0 bridgehead atoms. The van der Waals surface area contributed by atoms with Gasteiger partial charge >= 0.3 is 0 Å². The van der Waals surface area contributed by atoms with E-state index in [0.29, 0.717) is 8.58 Å². The fraction of sp³-hybridized carbons (Fsp3) is 0.100. The summed E-state index contributed by atoms with van der Waals surface area (Å²) in [4.78, 5) is 0. The van der Waals surface area contributed by atoms with E-state index in [0.717, 1.165) is 11.3 Å². The van der Waals surface area contributed by atoms with Gasteiger partial charge in [0.05, 0.1) is 0 Å². The summed E-state index contributed by atoms with van der Waals surface area (Å²) in [5.41, 5.74) is 1.07. The lowest BCUT2D eigenvalue weighted by Gasteiger charge is -1.97. The third kappa shape index (κ3) is 1.62. The summed E-state index contributed by atoms with van der Waals surface area (Å²) in [6.07, 6.45) is 0. The smallest absolute Gasteiger partial charge is 0.213 e. The number of rotatable bonds is 2. The van der Waals surface area contributed by atoms with Gasteiger partial charge in [0, 0.05) is 6.92 Å². The van der Waals surface area contributed by atoms with Gasteiger partial charge in [-0.2, -0.15) is 23.5 Å². The molecule has 2 rings (SSSR count). The number of hydrogen-bond donors (Lipinski definition) is 0. The largest absolute Gasteiger partial charge is 0.343 e. The molecule has 1 aromatic heterocycles. The maximum atomic E-state index is 5.47. The minimum Gasteiger partial charge on any atom is -0.343 e. The Morgan fingerprint density at radius 1 is 1.50 bits per heavy atom. The summed E-state index contributed by atoms with van der Waals surface area (Å²) >= 11 is 0. The molecular formula is C10H10OP-. The van der Waals surface area contributed by atoms with E-state index in [-0.39, 0.29) is 0 Å². The van der Waals surface area contributed by atoms with E-state index in [1.165, 1.54) is 5.30 Å². The fourth-order valence-corrected chi connectivity index (χ4v) is 2.12. The molecule has 1 unspecified atom stereocenters. The van der Waals surface area contributed by atoms with E-state index >= 15 is 0 Å². The van der Waals surface area contributed by atoms with Crippen LogP contribution in [0, 0.1) is 6.92 Å².